The van der Waals surface area contributed by atoms with Crippen molar-refractivity contribution >= 4 is 34.8 Å². The second-order valence-corrected chi connectivity index (χ2v) is 8.96. The number of aliphatic hydroxyl groups is 1. The lowest BCUT2D eigenvalue weighted by Crippen LogP contribution is -2.47. The number of halogens is 2. The molecule has 1 aromatic carbocycles. The van der Waals surface area contributed by atoms with Crippen LogP contribution in [0.5, 0.6) is 0 Å². The standard InChI is InChI=1S/C23H23ClFN5O4/c1-28(2)22(33)18(31)20-26-12-17-27-19(24)16(13-30(17)20)21(32)29-9-7-23(34,8-10-29)11-14-3-5-15(25)6-4-14/h3-6,12-13,34H,7-11H2,1-2H3. The van der Waals surface area contributed by atoms with Crippen molar-refractivity contribution < 1.29 is 23.9 Å². The number of benzene rings is 1. The zero-order valence-corrected chi connectivity index (χ0v) is 19.4. The van der Waals surface area contributed by atoms with Gasteiger partial charge in [-0.25, -0.2) is 14.4 Å². The Morgan fingerprint density at radius 2 is 1.82 bits per heavy atom. The minimum absolute atomic E-state index is 0.0533. The summed E-state index contributed by atoms with van der Waals surface area (Å²) in [5, 5.41) is 10.9. The molecule has 0 spiro atoms. The summed E-state index contributed by atoms with van der Waals surface area (Å²) in [6, 6.07) is 5.97. The molecule has 178 valence electrons. The van der Waals surface area contributed by atoms with Gasteiger partial charge in [0, 0.05) is 39.8 Å². The third-order valence-electron chi connectivity index (χ3n) is 5.93. The molecular formula is C23H23ClFN5O4. The Kier molecular flexibility index (Phi) is 6.37. The van der Waals surface area contributed by atoms with Gasteiger partial charge >= 0.3 is 0 Å². The molecule has 2 aromatic heterocycles. The van der Waals surface area contributed by atoms with Crippen LogP contribution in [0.4, 0.5) is 4.39 Å². The number of imidazole rings is 1. The number of ketones is 1. The number of rotatable bonds is 5. The van der Waals surface area contributed by atoms with E-state index in [1.807, 2.05) is 0 Å². The topological polar surface area (TPSA) is 108 Å². The van der Waals surface area contributed by atoms with E-state index >= 15 is 0 Å². The Bertz CT molecular complexity index is 1270. The van der Waals surface area contributed by atoms with Crippen LogP contribution in [0.25, 0.3) is 5.65 Å². The Balaban J connectivity index is 1.52. The fourth-order valence-electron chi connectivity index (χ4n) is 3.97. The molecule has 0 atom stereocenters. The van der Waals surface area contributed by atoms with Crippen LogP contribution in [0.1, 0.15) is 39.4 Å². The predicted molar refractivity (Wildman–Crippen MR) is 121 cm³/mol. The number of nitrogens with zero attached hydrogens (tertiary/aromatic N) is 5. The SMILES string of the molecule is CN(C)C(=O)C(=O)c1ncc2nc(Cl)c(C(=O)N3CCC(O)(Cc4ccc(F)cc4)CC3)cn12. The number of fused-ring (bicyclic) bond motifs is 1. The maximum atomic E-state index is 13.2. The average molecular weight is 488 g/mol. The highest BCUT2D eigenvalue weighted by Crippen LogP contribution is 2.28. The number of likely N-dealkylation sites (N-methyl/N-ethyl adjacent to an activating group) is 1. The normalized spacial score (nSPS) is 15.4. The summed E-state index contributed by atoms with van der Waals surface area (Å²) in [6.45, 7) is 0.555. The number of hydrogen-bond acceptors (Lipinski definition) is 6. The van der Waals surface area contributed by atoms with Crippen molar-refractivity contribution in [2.75, 3.05) is 27.2 Å². The van der Waals surface area contributed by atoms with Crippen LogP contribution >= 0.6 is 11.6 Å². The summed E-state index contributed by atoms with van der Waals surface area (Å²) < 4.78 is 14.4. The number of hydrogen-bond donors (Lipinski definition) is 1. The number of Topliss-reactive ketones (excluding diaryl/α,β-unsaturated/α-hetero) is 1. The highest BCUT2D eigenvalue weighted by molar-refractivity contribution is 6.41. The van der Waals surface area contributed by atoms with Gasteiger partial charge in [0.1, 0.15) is 11.0 Å². The number of aromatic nitrogens is 3. The van der Waals surface area contributed by atoms with Gasteiger partial charge in [0.25, 0.3) is 17.6 Å². The number of carbonyl (C=O) groups is 3. The van der Waals surface area contributed by atoms with Gasteiger partial charge in [-0.3, -0.25) is 18.8 Å². The Hall–Kier alpha value is -3.37. The third-order valence-corrected chi connectivity index (χ3v) is 6.22. The molecule has 0 aliphatic carbocycles. The second-order valence-electron chi connectivity index (χ2n) is 8.60. The van der Waals surface area contributed by atoms with Crippen LogP contribution in [-0.4, -0.2) is 79.7 Å². The molecule has 11 heteroatoms. The highest BCUT2D eigenvalue weighted by atomic mass is 35.5. The summed E-state index contributed by atoms with van der Waals surface area (Å²) in [5.41, 5.74) is 0.0779. The quantitative estimate of drug-likeness (QED) is 0.335. The molecule has 1 fully saturated rings. The molecular weight excluding hydrogens is 465 g/mol. The number of piperidine rings is 1. The van der Waals surface area contributed by atoms with Crippen LogP contribution in [-0.2, 0) is 11.2 Å². The molecule has 34 heavy (non-hydrogen) atoms. The van der Waals surface area contributed by atoms with Crippen LogP contribution in [0.15, 0.2) is 36.7 Å². The molecule has 0 radical (unpaired) electrons. The maximum Gasteiger partial charge on any atom is 0.297 e. The highest BCUT2D eigenvalue weighted by Gasteiger charge is 2.35. The van der Waals surface area contributed by atoms with E-state index in [1.165, 1.54) is 43.0 Å². The minimum Gasteiger partial charge on any atom is -0.389 e. The van der Waals surface area contributed by atoms with Gasteiger partial charge in [0.2, 0.25) is 0 Å². The second kappa shape index (κ2) is 9.11. The zero-order chi connectivity index (χ0) is 24.6. The van der Waals surface area contributed by atoms with Crippen molar-refractivity contribution in [3.05, 3.63) is 64.6 Å². The Labute approximate surface area is 199 Å². The van der Waals surface area contributed by atoms with Crippen molar-refractivity contribution in [3.8, 4) is 0 Å². The molecule has 3 aromatic rings. The summed E-state index contributed by atoms with van der Waals surface area (Å²) >= 11 is 6.26. The van der Waals surface area contributed by atoms with Crippen LogP contribution in [0.3, 0.4) is 0 Å². The van der Waals surface area contributed by atoms with Crippen molar-refractivity contribution in [1.29, 1.82) is 0 Å². The molecule has 1 aliphatic heterocycles. The lowest BCUT2D eigenvalue weighted by atomic mass is 9.85. The first-order valence-electron chi connectivity index (χ1n) is 10.6. The molecule has 1 aliphatic rings. The van der Waals surface area contributed by atoms with Gasteiger partial charge in [-0.15, -0.1) is 0 Å². The van der Waals surface area contributed by atoms with Gasteiger partial charge in [-0.1, -0.05) is 23.7 Å². The first-order valence-corrected chi connectivity index (χ1v) is 11.0. The van der Waals surface area contributed by atoms with E-state index in [0.717, 1.165) is 10.5 Å². The number of likely N-dealkylation sites (tertiary alicyclic amines) is 1. The van der Waals surface area contributed by atoms with E-state index in [0.29, 0.717) is 19.3 Å². The number of amides is 2. The molecule has 0 bridgehead atoms. The largest absolute Gasteiger partial charge is 0.389 e. The van der Waals surface area contributed by atoms with E-state index < -0.39 is 23.2 Å². The van der Waals surface area contributed by atoms with E-state index in [-0.39, 0.29) is 41.1 Å². The van der Waals surface area contributed by atoms with E-state index in [2.05, 4.69) is 9.97 Å². The molecule has 2 amide bonds. The fraction of sp³-hybridized carbons (Fsp3) is 0.348. The van der Waals surface area contributed by atoms with Gasteiger partial charge in [0.05, 0.1) is 17.4 Å². The van der Waals surface area contributed by atoms with Gasteiger partial charge in [-0.05, 0) is 30.5 Å². The summed E-state index contributed by atoms with van der Waals surface area (Å²) in [6.07, 6.45) is 3.66. The van der Waals surface area contributed by atoms with Gasteiger partial charge in [-0.2, -0.15) is 0 Å². The van der Waals surface area contributed by atoms with Crippen molar-refractivity contribution in [1.82, 2.24) is 24.2 Å². The molecule has 0 unspecified atom stereocenters. The maximum absolute atomic E-state index is 13.2. The van der Waals surface area contributed by atoms with E-state index in [4.69, 9.17) is 11.6 Å². The molecule has 3 heterocycles. The molecule has 1 saturated heterocycles. The summed E-state index contributed by atoms with van der Waals surface area (Å²) in [4.78, 5) is 48.6. The van der Waals surface area contributed by atoms with E-state index in [1.54, 1.807) is 17.0 Å². The first kappa shape index (κ1) is 23.8. The van der Waals surface area contributed by atoms with Crippen LogP contribution < -0.4 is 0 Å². The Morgan fingerprint density at radius 3 is 2.44 bits per heavy atom. The average Bonchev–Trinajstić information content (AvgIpc) is 3.21. The van der Waals surface area contributed by atoms with Gasteiger partial charge < -0.3 is 14.9 Å². The van der Waals surface area contributed by atoms with Crippen molar-refractivity contribution in [2.24, 2.45) is 0 Å². The third kappa shape index (κ3) is 4.64. The minimum atomic E-state index is -1.02. The fourth-order valence-corrected chi connectivity index (χ4v) is 4.19. The zero-order valence-electron chi connectivity index (χ0n) is 18.7. The van der Waals surface area contributed by atoms with Crippen LogP contribution in [0.2, 0.25) is 5.15 Å². The summed E-state index contributed by atoms with van der Waals surface area (Å²) in [5.74, 6) is -2.51. The van der Waals surface area contributed by atoms with Gasteiger partial charge in [0.15, 0.2) is 11.5 Å². The number of carbonyl (C=O) groups excluding carboxylic acids is 3. The van der Waals surface area contributed by atoms with Crippen molar-refractivity contribution in [3.63, 3.8) is 0 Å². The van der Waals surface area contributed by atoms with E-state index in [9.17, 15) is 23.9 Å². The Morgan fingerprint density at radius 1 is 1.18 bits per heavy atom. The monoisotopic (exact) mass is 487 g/mol. The first-order chi connectivity index (χ1) is 16.1. The predicted octanol–water partition coefficient (Wildman–Crippen LogP) is 2.00. The molecule has 0 saturated carbocycles. The smallest absolute Gasteiger partial charge is 0.297 e. The molecule has 9 nitrogen and oxygen atoms in total. The van der Waals surface area contributed by atoms with Crippen LogP contribution in [0, 0.1) is 5.82 Å². The molecule has 4 rings (SSSR count). The summed E-state index contributed by atoms with van der Waals surface area (Å²) in [7, 11) is 2.90. The van der Waals surface area contributed by atoms with Crippen molar-refractivity contribution in [2.45, 2.75) is 24.9 Å². The lowest BCUT2D eigenvalue weighted by Gasteiger charge is -2.38. The molecule has 1 N–H and O–H groups in total. The lowest BCUT2D eigenvalue weighted by molar-refractivity contribution is -0.124.